The van der Waals surface area contributed by atoms with Crippen molar-refractivity contribution in [1.29, 1.82) is 0 Å². The van der Waals surface area contributed by atoms with Gasteiger partial charge < -0.3 is 15.2 Å². The number of rotatable bonds is 6. The number of aromatic hydroxyl groups is 1. The van der Waals surface area contributed by atoms with Crippen LogP contribution in [0.15, 0.2) is 49.3 Å². The highest BCUT2D eigenvalue weighted by molar-refractivity contribution is 5.49. The molecule has 5 nitrogen and oxygen atoms in total. The van der Waals surface area contributed by atoms with E-state index in [9.17, 15) is 5.11 Å². The van der Waals surface area contributed by atoms with Crippen LogP contribution in [0.25, 0.3) is 0 Å². The minimum atomic E-state index is 0.206. The van der Waals surface area contributed by atoms with Crippen molar-refractivity contribution in [2.75, 3.05) is 26.7 Å². The average Bonchev–Trinajstić information content (AvgIpc) is 2.65. The Hall–Kier alpha value is -2.37. The van der Waals surface area contributed by atoms with Gasteiger partial charge in [-0.15, -0.1) is 6.58 Å². The first-order valence-electron chi connectivity index (χ1n) is 8.57. The lowest BCUT2D eigenvalue weighted by molar-refractivity contribution is 0.153. The van der Waals surface area contributed by atoms with Gasteiger partial charge in [0.2, 0.25) is 0 Å². The number of methoxy groups -OCH3 is 1. The van der Waals surface area contributed by atoms with E-state index in [2.05, 4.69) is 33.9 Å². The Balaban J connectivity index is 1.86. The average molecular weight is 339 g/mol. The molecule has 0 amide bonds. The number of nitrogens with zero attached hydrogens (tertiary/aromatic N) is 2. The van der Waals surface area contributed by atoms with Gasteiger partial charge in [-0.3, -0.25) is 9.88 Å². The highest BCUT2D eigenvalue weighted by Crippen LogP contribution is 2.33. The summed E-state index contributed by atoms with van der Waals surface area (Å²) in [6, 6.07) is 8.43. The first kappa shape index (κ1) is 17.5. The fourth-order valence-corrected chi connectivity index (χ4v) is 3.37. The largest absolute Gasteiger partial charge is 0.504 e. The summed E-state index contributed by atoms with van der Waals surface area (Å²) < 4.78 is 5.35. The molecule has 1 aliphatic heterocycles. The zero-order valence-electron chi connectivity index (χ0n) is 14.6. The Kier molecular flexibility index (Phi) is 5.68. The highest BCUT2D eigenvalue weighted by atomic mass is 16.5. The Morgan fingerprint density at radius 3 is 2.92 bits per heavy atom. The Bertz CT molecular complexity index is 718. The summed E-state index contributed by atoms with van der Waals surface area (Å²) in [4.78, 5) is 6.57. The lowest BCUT2D eigenvalue weighted by Gasteiger charge is -2.36. The molecule has 1 unspecified atom stereocenters. The van der Waals surface area contributed by atoms with Gasteiger partial charge in [0.15, 0.2) is 11.5 Å². The Morgan fingerprint density at radius 1 is 1.40 bits per heavy atom. The molecule has 2 heterocycles. The molecule has 1 aliphatic rings. The van der Waals surface area contributed by atoms with E-state index in [1.54, 1.807) is 13.2 Å². The second kappa shape index (κ2) is 8.14. The van der Waals surface area contributed by atoms with Crippen LogP contribution < -0.4 is 10.1 Å². The van der Waals surface area contributed by atoms with Crippen molar-refractivity contribution in [1.82, 2.24) is 15.2 Å². The maximum atomic E-state index is 10.3. The standard InChI is InChI=1S/C20H25N3O2/c1-3-4-17-11-15(12-19(25-2)20(17)24)14-23-10-9-22-13-18(23)16-5-7-21-8-6-16/h3,5-8,11-12,18,22,24H,1,4,9-10,13-14H2,2H3. The van der Waals surface area contributed by atoms with Crippen molar-refractivity contribution in [2.45, 2.75) is 19.0 Å². The molecular formula is C20H25N3O2. The summed E-state index contributed by atoms with van der Waals surface area (Å²) in [5, 5.41) is 13.7. The summed E-state index contributed by atoms with van der Waals surface area (Å²) in [6.07, 6.45) is 6.09. The second-order valence-corrected chi connectivity index (χ2v) is 6.27. The van der Waals surface area contributed by atoms with Gasteiger partial charge in [0.05, 0.1) is 7.11 Å². The quantitative estimate of drug-likeness (QED) is 0.793. The molecule has 2 aromatic rings. The van der Waals surface area contributed by atoms with Crippen LogP contribution in [0.2, 0.25) is 0 Å². The van der Waals surface area contributed by atoms with E-state index >= 15 is 0 Å². The van der Waals surface area contributed by atoms with E-state index in [1.165, 1.54) is 5.56 Å². The van der Waals surface area contributed by atoms with E-state index in [0.717, 1.165) is 37.3 Å². The van der Waals surface area contributed by atoms with Gasteiger partial charge in [0.1, 0.15) is 0 Å². The van der Waals surface area contributed by atoms with Crippen LogP contribution >= 0.6 is 0 Å². The number of phenolic OH excluding ortho intramolecular Hbond substituents is 1. The van der Waals surface area contributed by atoms with Gasteiger partial charge in [0.25, 0.3) is 0 Å². The van der Waals surface area contributed by atoms with Crippen molar-refractivity contribution in [3.63, 3.8) is 0 Å². The summed E-state index contributed by atoms with van der Waals surface area (Å²) in [7, 11) is 1.58. The second-order valence-electron chi connectivity index (χ2n) is 6.27. The van der Waals surface area contributed by atoms with E-state index in [0.29, 0.717) is 18.2 Å². The van der Waals surface area contributed by atoms with Crippen molar-refractivity contribution in [3.05, 3.63) is 66.0 Å². The van der Waals surface area contributed by atoms with E-state index in [4.69, 9.17) is 4.74 Å². The smallest absolute Gasteiger partial charge is 0.161 e. The van der Waals surface area contributed by atoms with E-state index in [1.807, 2.05) is 24.5 Å². The molecule has 1 saturated heterocycles. The van der Waals surface area contributed by atoms with Crippen LogP contribution in [-0.4, -0.2) is 41.7 Å². The number of aromatic nitrogens is 1. The molecule has 1 aromatic heterocycles. The minimum absolute atomic E-state index is 0.206. The van der Waals surface area contributed by atoms with Gasteiger partial charge >= 0.3 is 0 Å². The maximum absolute atomic E-state index is 10.3. The van der Waals surface area contributed by atoms with Crippen LogP contribution in [0.4, 0.5) is 0 Å². The fraction of sp³-hybridized carbons (Fsp3) is 0.350. The zero-order valence-corrected chi connectivity index (χ0v) is 14.6. The first-order valence-corrected chi connectivity index (χ1v) is 8.57. The highest BCUT2D eigenvalue weighted by Gasteiger charge is 2.24. The Morgan fingerprint density at radius 2 is 2.20 bits per heavy atom. The molecule has 0 spiro atoms. The van der Waals surface area contributed by atoms with Gasteiger partial charge in [-0.25, -0.2) is 0 Å². The molecule has 3 rings (SSSR count). The van der Waals surface area contributed by atoms with Crippen LogP contribution in [0, 0.1) is 0 Å². The number of pyridine rings is 1. The molecule has 1 aromatic carbocycles. The van der Waals surface area contributed by atoms with Gasteiger partial charge in [-0.2, -0.15) is 0 Å². The van der Waals surface area contributed by atoms with Crippen LogP contribution in [-0.2, 0) is 13.0 Å². The van der Waals surface area contributed by atoms with Crippen LogP contribution in [0.1, 0.15) is 22.7 Å². The monoisotopic (exact) mass is 339 g/mol. The fourth-order valence-electron chi connectivity index (χ4n) is 3.37. The Labute approximate surface area is 149 Å². The topological polar surface area (TPSA) is 57.6 Å². The number of benzene rings is 1. The molecular weight excluding hydrogens is 314 g/mol. The van der Waals surface area contributed by atoms with Gasteiger partial charge in [0, 0.05) is 50.2 Å². The lowest BCUT2D eigenvalue weighted by atomic mass is 10.0. The molecule has 5 heteroatoms. The number of piperazine rings is 1. The van der Waals surface area contributed by atoms with E-state index in [-0.39, 0.29) is 5.75 Å². The number of ether oxygens (including phenoxy) is 1. The molecule has 0 saturated carbocycles. The molecule has 2 N–H and O–H groups in total. The number of nitrogens with one attached hydrogen (secondary N) is 1. The molecule has 132 valence electrons. The number of allylic oxidation sites excluding steroid dienone is 1. The minimum Gasteiger partial charge on any atom is -0.504 e. The SMILES string of the molecule is C=CCc1cc(CN2CCNCC2c2ccncc2)cc(OC)c1O. The molecule has 1 atom stereocenters. The van der Waals surface area contributed by atoms with E-state index < -0.39 is 0 Å². The molecule has 0 bridgehead atoms. The molecule has 1 fully saturated rings. The zero-order chi connectivity index (χ0) is 17.6. The van der Waals surface area contributed by atoms with Crippen molar-refractivity contribution in [2.24, 2.45) is 0 Å². The predicted molar refractivity (Wildman–Crippen MR) is 98.8 cm³/mol. The third-order valence-corrected chi connectivity index (χ3v) is 4.63. The van der Waals surface area contributed by atoms with Crippen molar-refractivity contribution < 1.29 is 9.84 Å². The predicted octanol–water partition coefficient (Wildman–Crippen LogP) is 2.67. The van der Waals surface area contributed by atoms with Crippen LogP contribution in [0.5, 0.6) is 11.5 Å². The maximum Gasteiger partial charge on any atom is 0.161 e. The third kappa shape index (κ3) is 4.00. The molecule has 25 heavy (non-hydrogen) atoms. The third-order valence-electron chi connectivity index (χ3n) is 4.63. The van der Waals surface area contributed by atoms with Gasteiger partial charge in [-0.1, -0.05) is 12.1 Å². The van der Waals surface area contributed by atoms with Crippen molar-refractivity contribution >= 4 is 0 Å². The van der Waals surface area contributed by atoms with Crippen molar-refractivity contribution in [3.8, 4) is 11.5 Å². The number of hydrogen-bond acceptors (Lipinski definition) is 5. The first-order chi connectivity index (χ1) is 12.2. The summed E-state index contributed by atoms with van der Waals surface area (Å²) in [6.45, 7) is 7.42. The number of hydrogen-bond donors (Lipinski definition) is 2. The number of phenols is 1. The summed E-state index contributed by atoms with van der Waals surface area (Å²) >= 11 is 0. The summed E-state index contributed by atoms with van der Waals surface area (Å²) in [5.41, 5.74) is 3.24. The molecule has 0 radical (unpaired) electrons. The lowest BCUT2D eigenvalue weighted by Crippen LogP contribution is -2.45. The van der Waals surface area contributed by atoms with Gasteiger partial charge in [-0.05, 0) is 35.7 Å². The normalized spacial score (nSPS) is 18.0. The molecule has 0 aliphatic carbocycles. The van der Waals surface area contributed by atoms with Crippen LogP contribution in [0.3, 0.4) is 0 Å². The summed E-state index contributed by atoms with van der Waals surface area (Å²) in [5.74, 6) is 0.724.